The van der Waals surface area contributed by atoms with E-state index in [1.807, 2.05) is 11.8 Å². The van der Waals surface area contributed by atoms with Crippen LogP contribution in [0.15, 0.2) is 12.3 Å². The lowest BCUT2D eigenvalue weighted by atomic mass is 9.77. The summed E-state index contributed by atoms with van der Waals surface area (Å²) in [5.41, 5.74) is 5.85. The molecule has 11 heteroatoms. The van der Waals surface area contributed by atoms with Crippen molar-refractivity contribution < 1.29 is 18.3 Å². The molecule has 2 aromatic heterocycles. The minimum Gasteiger partial charge on any atom is -0.384 e. The quantitative estimate of drug-likeness (QED) is 0.756. The maximum atomic E-state index is 13.8. The van der Waals surface area contributed by atoms with Gasteiger partial charge in [0.15, 0.2) is 5.82 Å². The Bertz CT molecular complexity index is 979. The van der Waals surface area contributed by atoms with E-state index in [2.05, 4.69) is 19.9 Å². The van der Waals surface area contributed by atoms with Crippen molar-refractivity contribution in [2.24, 2.45) is 5.41 Å². The highest BCUT2D eigenvalue weighted by molar-refractivity contribution is 5.64. The van der Waals surface area contributed by atoms with Gasteiger partial charge < -0.3 is 25.0 Å². The van der Waals surface area contributed by atoms with Crippen LogP contribution in [0.5, 0.6) is 0 Å². The summed E-state index contributed by atoms with van der Waals surface area (Å²) >= 11 is 0. The molecule has 0 amide bonds. The van der Waals surface area contributed by atoms with Crippen LogP contribution >= 0.6 is 0 Å². The van der Waals surface area contributed by atoms with Crippen molar-refractivity contribution in [2.75, 3.05) is 61.6 Å². The number of ether oxygens (including phenoxy) is 2. The zero-order chi connectivity index (χ0) is 22.3. The van der Waals surface area contributed by atoms with Gasteiger partial charge in [0.2, 0.25) is 11.9 Å². The summed E-state index contributed by atoms with van der Waals surface area (Å²) in [6, 6.07) is 1.24. The van der Waals surface area contributed by atoms with E-state index >= 15 is 0 Å². The van der Waals surface area contributed by atoms with Gasteiger partial charge in [-0.1, -0.05) is 0 Å². The minimum atomic E-state index is -2.73. The summed E-state index contributed by atoms with van der Waals surface area (Å²) in [6.07, 6.45) is 0.570. The number of nitrogens with two attached hydrogens (primary N) is 1. The fraction of sp³-hybridized carbons (Fsp3) is 0.619. The molecule has 0 unspecified atom stereocenters. The van der Waals surface area contributed by atoms with E-state index in [1.165, 1.54) is 12.3 Å². The molecule has 5 rings (SSSR count). The predicted molar refractivity (Wildman–Crippen MR) is 115 cm³/mol. The van der Waals surface area contributed by atoms with Crippen LogP contribution in [0.2, 0.25) is 0 Å². The van der Waals surface area contributed by atoms with Crippen LogP contribution < -0.4 is 15.5 Å². The van der Waals surface area contributed by atoms with Gasteiger partial charge in [-0.05, 0) is 25.8 Å². The first-order valence-corrected chi connectivity index (χ1v) is 10.9. The number of hydrogen-bond acceptors (Lipinski definition) is 9. The monoisotopic (exact) mass is 447 g/mol. The second-order valence-corrected chi connectivity index (χ2v) is 8.85. The number of alkyl halides is 2. The summed E-state index contributed by atoms with van der Waals surface area (Å²) in [7, 11) is 0. The number of aromatic nitrogens is 4. The second kappa shape index (κ2) is 8.36. The zero-order valence-electron chi connectivity index (χ0n) is 18.0. The highest BCUT2D eigenvalue weighted by Crippen LogP contribution is 2.39. The minimum absolute atomic E-state index is 0.0319. The van der Waals surface area contributed by atoms with Crippen LogP contribution in [-0.2, 0) is 9.47 Å². The molecule has 0 radical (unpaired) electrons. The molecule has 0 aliphatic carbocycles. The highest BCUT2D eigenvalue weighted by Gasteiger charge is 2.41. The van der Waals surface area contributed by atoms with Crippen LogP contribution in [0, 0.1) is 5.41 Å². The van der Waals surface area contributed by atoms with Gasteiger partial charge in [-0.2, -0.15) is 15.0 Å². The lowest BCUT2D eigenvalue weighted by Crippen LogP contribution is -2.51. The van der Waals surface area contributed by atoms with Crippen LogP contribution in [0.1, 0.15) is 31.8 Å². The molecule has 0 aromatic carbocycles. The molecule has 3 aliphatic rings. The molecule has 3 aliphatic heterocycles. The number of nitrogens with zero attached hydrogens (tertiary/aromatic N) is 6. The second-order valence-electron chi connectivity index (χ2n) is 8.85. The van der Waals surface area contributed by atoms with Gasteiger partial charge in [0.1, 0.15) is 5.82 Å². The number of morpholine rings is 1. The van der Waals surface area contributed by atoms with E-state index in [4.69, 9.17) is 20.2 Å². The molecule has 9 nitrogen and oxygen atoms in total. The number of hydrogen-bond donors (Lipinski definition) is 1. The number of halogens is 2. The van der Waals surface area contributed by atoms with Gasteiger partial charge >= 0.3 is 0 Å². The predicted octanol–water partition coefficient (Wildman–Crippen LogP) is 2.30. The largest absolute Gasteiger partial charge is 0.384 e. The lowest BCUT2D eigenvalue weighted by molar-refractivity contribution is -0.124. The summed E-state index contributed by atoms with van der Waals surface area (Å²) in [6.45, 7) is 6.92. The van der Waals surface area contributed by atoms with Gasteiger partial charge in [0.25, 0.3) is 6.43 Å². The molecule has 3 saturated heterocycles. The van der Waals surface area contributed by atoms with E-state index in [0.717, 1.165) is 39.1 Å². The van der Waals surface area contributed by atoms with E-state index in [9.17, 15) is 8.78 Å². The molecular formula is C21H27F2N7O2. The van der Waals surface area contributed by atoms with Gasteiger partial charge in [-0.15, -0.1) is 0 Å². The van der Waals surface area contributed by atoms with Crippen molar-refractivity contribution in [1.29, 1.82) is 0 Å². The molecule has 0 saturated carbocycles. The third kappa shape index (κ3) is 3.95. The molecule has 5 heterocycles. The van der Waals surface area contributed by atoms with E-state index in [-0.39, 0.29) is 34.2 Å². The topological polar surface area (TPSA) is 103 Å². The molecule has 1 spiro atoms. The Balaban J connectivity index is 1.54. The van der Waals surface area contributed by atoms with Crippen molar-refractivity contribution in [3.05, 3.63) is 17.8 Å². The molecule has 3 fully saturated rings. The maximum Gasteiger partial charge on any atom is 0.264 e. The summed E-state index contributed by atoms with van der Waals surface area (Å²) in [4.78, 5) is 22.1. The van der Waals surface area contributed by atoms with Gasteiger partial charge in [-0.25, -0.2) is 13.8 Å². The Morgan fingerprint density at radius 2 is 1.84 bits per heavy atom. The zero-order valence-corrected chi connectivity index (χ0v) is 18.0. The highest BCUT2D eigenvalue weighted by atomic mass is 19.3. The van der Waals surface area contributed by atoms with Crippen molar-refractivity contribution in [2.45, 2.75) is 32.2 Å². The van der Waals surface area contributed by atoms with Gasteiger partial charge in [-0.3, -0.25) is 0 Å². The molecule has 32 heavy (non-hydrogen) atoms. The summed E-state index contributed by atoms with van der Waals surface area (Å²) in [5, 5.41) is 0. The molecule has 1 atom stereocenters. The lowest BCUT2D eigenvalue weighted by Gasteiger charge is -2.47. The fourth-order valence-electron chi connectivity index (χ4n) is 4.48. The average Bonchev–Trinajstić information content (AvgIpc) is 2.78. The van der Waals surface area contributed by atoms with Crippen LogP contribution in [0.25, 0.3) is 11.4 Å². The third-order valence-corrected chi connectivity index (χ3v) is 6.59. The van der Waals surface area contributed by atoms with E-state index in [0.29, 0.717) is 31.7 Å². The summed E-state index contributed by atoms with van der Waals surface area (Å²) < 4.78 is 38.6. The Kier molecular flexibility index (Phi) is 5.54. The SMILES string of the molecule is C[C@@H]1COCCN1c1nc(-c2cnc(N)cc2C(F)F)nc(N2CCC3(CC2)COC3)n1. The molecule has 172 valence electrons. The number of rotatable bonds is 4. The first-order chi connectivity index (χ1) is 15.4. The Morgan fingerprint density at radius 3 is 2.50 bits per heavy atom. The Labute approximate surface area is 185 Å². The number of nitrogen functional groups attached to an aromatic ring is 1. The van der Waals surface area contributed by atoms with E-state index in [1.54, 1.807) is 0 Å². The molecule has 0 bridgehead atoms. The molecular weight excluding hydrogens is 420 g/mol. The fourth-order valence-corrected chi connectivity index (χ4v) is 4.48. The van der Waals surface area contributed by atoms with Crippen LogP contribution in [0.4, 0.5) is 26.5 Å². The Morgan fingerprint density at radius 1 is 1.09 bits per heavy atom. The number of anilines is 3. The van der Waals surface area contributed by atoms with Gasteiger partial charge in [0.05, 0.1) is 32.5 Å². The van der Waals surface area contributed by atoms with Crippen molar-refractivity contribution in [1.82, 2.24) is 19.9 Å². The maximum absolute atomic E-state index is 13.8. The molecule has 2 N–H and O–H groups in total. The first kappa shape index (κ1) is 21.2. The summed E-state index contributed by atoms with van der Waals surface area (Å²) in [5.74, 6) is 1.17. The van der Waals surface area contributed by atoms with Crippen molar-refractivity contribution >= 4 is 17.7 Å². The standard InChI is InChI=1S/C21H27F2N7O2/c1-13-10-31-7-6-30(13)20-27-18(15-9-25-16(24)8-14(15)17(22)23)26-19(28-20)29-4-2-21(3-5-29)11-32-12-21/h8-9,13,17H,2-7,10-12H2,1H3,(H2,24,25)/t13-/m1/s1. The van der Waals surface area contributed by atoms with Crippen LogP contribution in [-0.4, -0.2) is 72.0 Å². The van der Waals surface area contributed by atoms with E-state index < -0.39 is 6.43 Å². The average molecular weight is 447 g/mol. The molecule has 2 aromatic rings. The normalized spacial score (nSPS) is 22.9. The Hall–Kier alpha value is -2.66. The smallest absolute Gasteiger partial charge is 0.264 e. The van der Waals surface area contributed by atoms with Crippen LogP contribution in [0.3, 0.4) is 0 Å². The van der Waals surface area contributed by atoms with Crippen molar-refractivity contribution in [3.8, 4) is 11.4 Å². The number of pyridine rings is 1. The number of piperidine rings is 1. The van der Waals surface area contributed by atoms with Crippen molar-refractivity contribution in [3.63, 3.8) is 0 Å². The third-order valence-electron chi connectivity index (χ3n) is 6.59. The first-order valence-electron chi connectivity index (χ1n) is 10.9. The van der Waals surface area contributed by atoms with Gasteiger partial charge in [0, 0.05) is 42.4 Å².